The molecule has 0 aliphatic rings. The molecule has 19 heavy (non-hydrogen) atoms. The lowest BCUT2D eigenvalue weighted by molar-refractivity contribution is -0.138. The van der Waals surface area contributed by atoms with Gasteiger partial charge in [0, 0.05) is 12.2 Å². The minimum atomic E-state index is -0.993. The fourth-order valence-corrected chi connectivity index (χ4v) is 1.48. The summed E-state index contributed by atoms with van der Waals surface area (Å²) in [4.78, 5) is 10.5. The summed E-state index contributed by atoms with van der Waals surface area (Å²) in [5, 5.41) is 22.1. The van der Waals surface area contributed by atoms with E-state index < -0.39 is 12.0 Å². The van der Waals surface area contributed by atoms with Crippen LogP contribution in [0.15, 0.2) is 24.3 Å². The van der Waals surface area contributed by atoms with Gasteiger partial charge in [0.1, 0.15) is 6.04 Å². The van der Waals surface area contributed by atoms with Gasteiger partial charge in [-0.15, -0.1) is 0 Å². The Balaban J connectivity index is 2.21. The molecule has 0 saturated heterocycles. The van der Waals surface area contributed by atoms with Crippen LogP contribution in [0, 0.1) is 12.3 Å². The van der Waals surface area contributed by atoms with Gasteiger partial charge in [-0.1, -0.05) is 17.7 Å². The van der Waals surface area contributed by atoms with Crippen LogP contribution < -0.4 is 16.4 Å². The third-order valence-corrected chi connectivity index (χ3v) is 2.63. The summed E-state index contributed by atoms with van der Waals surface area (Å²) in [6.07, 6.45) is 0.992. The predicted molar refractivity (Wildman–Crippen MR) is 75.4 cm³/mol. The van der Waals surface area contributed by atoms with E-state index in [2.05, 4.69) is 10.6 Å². The van der Waals surface area contributed by atoms with Gasteiger partial charge in [0.2, 0.25) is 0 Å². The van der Waals surface area contributed by atoms with E-state index in [1.165, 1.54) is 0 Å². The minimum absolute atomic E-state index is 0.188. The maximum Gasteiger partial charge on any atom is 0.320 e. The number of carboxylic acid groups (broad SMARTS) is 1. The van der Waals surface area contributed by atoms with Crippen LogP contribution in [-0.4, -0.2) is 29.6 Å². The van der Waals surface area contributed by atoms with E-state index in [0.717, 1.165) is 11.3 Å². The molecule has 0 fully saturated rings. The number of hydrogen-bond donors (Lipinski definition) is 5. The van der Waals surface area contributed by atoms with Crippen LogP contribution in [0.5, 0.6) is 0 Å². The summed E-state index contributed by atoms with van der Waals surface area (Å²) in [7, 11) is 0. The third kappa shape index (κ3) is 5.87. The molecule has 0 spiro atoms. The van der Waals surface area contributed by atoms with E-state index in [0.29, 0.717) is 19.4 Å². The molecule has 6 N–H and O–H groups in total. The average Bonchev–Trinajstić information content (AvgIpc) is 2.37. The van der Waals surface area contributed by atoms with Crippen LogP contribution in [0.25, 0.3) is 0 Å². The highest BCUT2D eigenvalue weighted by molar-refractivity contribution is 5.91. The molecule has 0 aliphatic carbocycles. The number of anilines is 1. The summed E-state index contributed by atoms with van der Waals surface area (Å²) in [6, 6.07) is 6.88. The number of guanidine groups is 1. The van der Waals surface area contributed by atoms with Gasteiger partial charge in [0.05, 0.1) is 0 Å². The van der Waals surface area contributed by atoms with E-state index >= 15 is 0 Å². The molecule has 0 aliphatic heterocycles. The lowest BCUT2D eigenvalue weighted by atomic mass is 10.2. The van der Waals surface area contributed by atoms with Crippen molar-refractivity contribution >= 4 is 17.6 Å². The maximum absolute atomic E-state index is 10.5. The molecule has 1 unspecified atom stereocenters. The Hall–Kier alpha value is -2.08. The standard InChI is InChI=1S/C13H20N4O2/c1-9-4-6-10(7-5-9)17-13(15)16-8-2-3-11(14)12(18)19/h4-7,11H,2-3,8,14H2,1H3,(H,18,19)(H3,15,16,17). The van der Waals surface area contributed by atoms with Gasteiger partial charge in [-0.2, -0.15) is 0 Å². The zero-order valence-corrected chi connectivity index (χ0v) is 10.9. The molecule has 0 aromatic heterocycles. The SMILES string of the molecule is Cc1ccc(NC(=N)NCCCC(N)C(=O)O)cc1. The largest absolute Gasteiger partial charge is 0.480 e. The Labute approximate surface area is 112 Å². The van der Waals surface area contributed by atoms with E-state index in [1.54, 1.807) is 0 Å². The topological polar surface area (TPSA) is 111 Å². The van der Waals surface area contributed by atoms with Gasteiger partial charge in [0.25, 0.3) is 0 Å². The molecule has 1 aromatic carbocycles. The Morgan fingerprint density at radius 2 is 2.05 bits per heavy atom. The van der Waals surface area contributed by atoms with Gasteiger partial charge >= 0.3 is 5.97 Å². The number of benzene rings is 1. The number of hydrogen-bond acceptors (Lipinski definition) is 3. The lowest BCUT2D eigenvalue weighted by Crippen LogP contribution is -2.33. The molecule has 6 nitrogen and oxygen atoms in total. The first-order chi connectivity index (χ1) is 8.99. The molecule has 0 saturated carbocycles. The van der Waals surface area contributed by atoms with Crippen molar-refractivity contribution in [3.05, 3.63) is 29.8 Å². The highest BCUT2D eigenvalue weighted by atomic mass is 16.4. The van der Waals surface area contributed by atoms with Crippen molar-refractivity contribution in [2.45, 2.75) is 25.8 Å². The molecule has 1 atom stereocenters. The molecular formula is C13H20N4O2. The van der Waals surface area contributed by atoms with Crippen molar-refractivity contribution in [1.29, 1.82) is 5.41 Å². The number of aryl methyl sites for hydroxylation is 1. The normalized spacial score (nSPS) is 11.7. The summed E-state index contributed by atoms with van der Waals surface area (Å²) in [5.41, 5.74) is 7.37. The molecule has 104 valence electrons. The van der Waals surface area contributed by atoms with Gasteiger partial charge < -0.3 is 21.5 Å². The molecule has 0 bridgehead atoms. The second kappa shape index (κ2) is 7.38. The maximum atomic E-state index is 10.5. The number of rotatable bonds is 6. The van der Waals surface area contributed by atoms with Crippen molar-refractivity contribution < 1.29 is 9.90 Å². The highest BCUT2D eigenvalue weighted by Crippen LogP contribution is 2.07. The molecule has 0 heterocycles. The fraction of sp³-hybridized carbons (Fsp3) is 0.385. The average molecular weight is 264 g/mol. The van der Waals surface area contributed by atoms with Crippen LogP contribution >= 0.6 is 0 Å². The first-order valence-corrected chi connectivity index (χ1v) is 6.13. The van der Waals surface area contributed by atoms with Gasteiger partial charge in [0.15, 0.2) is 5.96 Å². The molecule has 0 radical (unpaired) electrons. The first kappa shape index (κ1) is 15.0. The Morgan fingerprint density at radius 1 is 1.42 bits per heavy atom. The van der Waals surface area contributed by atoms with E-state index in [1.807, 2.05) is 31.2 Å². The van der Waals surface area contributed by atoms with Crippen LogP contribution in [0.3, 0.4) is 0 Å². The number of nitrogens with two attached hydrogens (primary N) is 1. The minimum Gasteiger partial charge on any atom is -0.480 e. The monoisotopic (exact) mass is 264 g/mol. The Kier molecular flexibility index (Phi) is 5.81. The van der Waals surface area contributed by atoms with E-state index in [4.69, 9.17) is 16.2 Å². The molecule has 6 heteroatoms. The van der Waals surface area contributed by atoms with Crippen molar-refractivity contribution in [2.24, 2.45) is 5.73 Å². The molecular weight excluding hydrogens is 244 g/mol. The lowest BCUT2D eigenvalue weighted by Gasteiger charge is -2.11. The summed E-state index contributed by atoms with van der Waals surface area (Å²) in [5.74, 6) is -0.805. The second-order valence-electron chi connectivity index (χ2n) is 4.38. The number of carboxylic acids is 1. The van der Waals surface area contributed by atoms with Gasteiger partial charge in [-0.3, -0.25) is 10.2 Å². The number of carbonyl (C=O) groups is 1. The number of nitrogens with one attached hydrogen (secondary N) is 3. The summed E-state index contributed by atoms with van der Waals surface area (Å²) in [6.45, 7) is 2.51. The van der Waals surface area contributed by atoms with Gasteiger partial charge in [-0.05, 0) is 31.9 Å². The van der Waals surface area contributed by atoms with Crippen molar-refractivity contribution in [1.82, 2.24) is 5.32 Å². The quantitative estimate of drug-likeness (QED) is 0.300. The summed E-state index contributed by atoms with van der Waals surface area (Å²) < 4.78 is 0. The third-order valence-electron chi connectivity index (χ3n) is 2.63. The molecule has 1 rings (SSSR count). The Morgan fingerprint density at radius 3 is 2.63 bits per heavy atom. The predicted octanol–water partition coefficient (Wildman–Crippen LogP) is 1.12. The van der Waals surface area contributed by atoms with Crippen LogP contribution in [0.4, 0.5) is 5.69 Å². The zero-order chi connectivity index (χ0) is 14.3. The van der Waals surface area contributed by atoms with Gasteiger partial charge in [-0.25, -0.2) is 0 Å². The van der Waals surface area contributed by atoms with Crippen molar-refractivity contribution in [2.75, 3.05) is 11.9 Å². The Bertz CT molecular complexity index is 431. The van der Waals surface area contributed by atoms with Crippen LogP contribution in [0.2, 0.25) is 0 Å². The van der Waals surface area contributed by atoms with Crippen LogP contribution in [-0.2, 0) is 4.79 Å². The van der Waals surface area contributed by atoms with E-state index in [-0.39, 0.29) is 5.96 Å². The fourth-order valence-electron chi connectivity index (χ4n) is 1.48. The second-order valence-corrected chi connectivity index (χ2v) is 4.38. The highest BCUT2D eigenvalue weighted by Gasteiger charge is 2.10. The molecule has 1 aromatic rings. The first-order valence-electron chi connectivity index (χ1n) is 6.13. The van der Waals surface area contributed by atoms with E-state index in [9.17, 15) is 4.79 Å². The zero-order valence-electron chi connectivity index (χ0n) is 10.9. The molecule has 0 amide bonds. The number of aliphatic carboxylic acids is 1. The van der Waals surface area contributed by atoms with Crippen LogP contribution in [0.1, 0.15) is 18.4 Å². The summed E-state index contributed by atoms with van der Waals surface area (Å²) >= 11 is 0. The van der Waals surface area contributed by atoms with Crippen molar-refractivity contribution in [3.63, 3.8) is 0 Å². The smallest absolute Gasteiger partial charge is 0.320 e. The van der Waals surface area contributed by atoms with Crippen molar-refractivity contribution in [3.8, 4) is 0 Å².